The van der Waals surface area contributed by atoms with Crippen LogP contribution in [0.1, 0.15) is 12.5 Å². The molecule has 0 radical (unpaired) electrons. The first-order valence-corrected chi connectivity index (χ1v) is 6.87. The zero-order valence-electron chi connectivity index (χ0n) is 11.2. The van der Waals surface area contributed by atoms with Gasteiger partial charge >= 0.3 is 5.97 Å². The maximum Gasteiger partial charge on any atom is 0.365 e. The summed E-state index contributed by atoms with van der Waals surface area (Å²) in [5.41, 5.74) is 1.88. The second-order valence-corrected chi connectivity index (χ2v) is 5.00. The van der Waals surface area contributed by atoms with Crippen molar-refractivity contribution in [3.8, 4) is 6.07 Å². The van der Waals surface area contributed by atoms with Crippen molar-refractivity contribution in [1.82, 2.24) is 0 Å². The molecule has 1 aromatic rings. The summed E-state index contributed by atoms with van der Waals surface area (Å²) in [5, 5.41) is 15.5. The lowest BCUT2D eigenvalue weighted by atomic mass is 10.2. The molecular formula is C14H13N3O2S. The highest BCUT2D eigenvalue weighted by molar-refractivity contribution is 8.19. The molecule has 0 amide bonds. The number of nitrogens with zero attached hydrogens (tertiary/aromatic N) is 3. The normalized spacial score (nSPS) is 15.9. The molecule has 0 atom stereocenters. The average molecular weight is 287 g/mol. The van der Waals surface area contributed by atoms with Crippen LogP contribution in [0, 0.1) is 18.3 Å². The number of allylic oxidation sites excluding steroid dienone is 1. The molecule has 0 unspecified atom stereocenters. The monoisotopic (exact) mass is 287 g/mol. The fourth-order valence-electron chi connectivity index (χ4n) is 1.67. The molecule has 0 bridgehead atoms. The van der Waals surface area contributed by atoms with E-state index in [2.05, 4.69) is 5.10 Å². The zero-order chi connectivity index (χ0) is 14.5. The number of benzene rings is 1. The van der Waals surface area contributed by atoms with Crippen LogP contribution in [-0.2, 0) is 9.53 Å². The largest absolute Gasteiger partial charge is 0.461 e. The molecule has 0 spiro atoms. The van der Waals surface area contributed by atoms with Crippen molar-refractivity contribution in [3.63, 3.8) is 0 Å². The Morgan fingerprint density at radius 2 is 2.40 bits per heavy atom. The molecule has 0 aliphatic carbocycles. The number of hydrogen-bond donors (Lipinski definition) is 0. The van der Waals surface area contributed by atoms with E-state index in [4.69, 9.17) is 10.00 Å². The average Bonchev–Trinajstić information content (AvgIpc) is 2.84. The standard InChI is InChI=1S/C14H13N3O2S/c1-3-19-14(18)13-16-17(12(20-13)7-8-15)11-6-4-5-10(2)9-11/h4-7,9H,3H2,1-2H3. The molecule has 0 fully saturated rings. The van der Waals surface area contributed by atoms with E-state index in [-0.39, 0.29) is 5.04 Å². The Kier molecular flexibility index (Phi) is 4.43. The topological polar surface area (TPSA) is 65.7 Å². The fourth-order valence-corrected chi connectivity index (χ4v) is 2.48. The van der Waals surface area contributed by atoms with E-state index in [1.807, 2.05) is 37.3 Å². The van der Waals surface area contributed by atoms with Crippen LogP contribution in [0.5, 0.6) is 0 Å². The number of esters is 1. The minimum Gasteiger partial charge on any atom is -0.461 e. The number of thioether (sulfide) groups is 1. The Labute approximate surface area is 121 Å². The molecule has 1 aliphatic heterocycles. The van der Waals surface area contributed by atoms with Gasteiger partial charge in [-0.2, -0.15) is 10.4 Å². The first-order chi connectivity index (χ1) is 9.65. The maximum absolute atomic E-state index is 11.7. The molecule has 0 aromatic heterocycles. The van der Waals surface area contributed by atoms with E-state index < -0.39 is 5.97 Å². The first-order valence-electron chi connectivity index (χ1n) is 6.06. The van der Waals surface area contributed by atoms with E-state index in [9.17, 15) is 4.79 Å². The van der Waals surface area contributed by atoms with Crippen LogP contribution in [0.2, 0.25) is 0 Å². The van der Waals surface area contributed by atoms with Gasteiger partial charge in [-0.1, -0.05) is 12.1 Å². The van der Waals surface area contributed by atoms with Gasteiger partial charge in [-0.05, 0) is 43.3 Å². The van der Waals surface area contributed by atoms with Gasteiger partial charge in [0.25, 0.3) is 0 Å². The smallest absolute Gasteiger partial charge is 0.365 e. The number of rotatable bonds is 3. The molecule has 1 heterocycles. The summed E-state index contributed by atoms with van der Waals surface area (Å²) in [7, 11) is 0. The molecule has 0 N–H and O–H groups in total. The summed E-state index contributed by atoms with van der Waals surface area (Å²) in [6, 6.07) is 9.64. The highest BCUT2D eigenvalue weighted by Gasteiger charge is 2.28. The molecule has 1 aromatic carbocycles. The number of hydrogen-bond acceptors (Lipinski definition) is 6. The van der Waals surface area contributed by atoms with E-state index >= 15 is 0 Å². The summed E-state index contributed by atoms with van der Waals surface area (Å²) in [6.07, 6.45) is 1.36. The molecule has 6 heteroatoms. The molecular weight excluding hydrogens is 274 g/mol. The van der Waals surface area contributed by atoms with Crippen LogP contribution in [0.15, 0.2) is 40.5 Å². The summed E-state index contributed by atoms with van der Waals surface area (Å²) >= 11 is 1.13. The molecule has 2 rings (SSSR count). The number of hydrazone groups is 1. The molecule has 1 aliphatic rings. The number of ether oxygens (including phenoxy) is 1. The zero-order valence-corrected chi connectivity index (χ0v) is 12.0. The van der Waals surface area contributed by atoms with Gasteiger partial charge in [0.05, 0.1) is 18.4 Å². The summed E-state index contributed by atoms with van der Waals surface area (Å²) < 4.78 is 4.93. The number of carbonyl (C=O) groups excluding carboxylic acids is 1. The molecule has 5 nitrogen and oxygen atoms in total. The Morgan fingerprint density at radius 3 is 3.05 bits per heavy atom. The molecule has 20 heavy (non-hydrogen) atoms. The number of aryl methyl sites for hydroxylation is 1. The third kappa shape index (κ3) is 3.00. The lowest BCUT2D eigenvalue weighted by Crippen LogP contribution is -2.13. The molecule has 0 saturated heterocycles. The number of anilines is 1. The van der Waals surface area contributed by atoms with E-state index in [1.54, 1.807) is 11.9 Å². The van der Waals surface area contributed by atoms with Crippen molar-refractivity contribution in [2.75, 3.05) is 11.6 Å². The second kappa shape index (κ2) is 6.26. The van der Waals surface area contributed by atoms with Gasteiger partial charge in [-0.25, -0.2) is 9.80 Å². The van der Waals surface area contributed by atoms with Gasteiger partial charge in [0, 0.05) is 6.08 Å². The van der Waals surface area contributed by atoms with E-state index in [1.165, 1.54) is 6.08 Å². The van der Waals surface area contributed by atoms with Gasteiger partial charge in [0.15, 0.2) is 0 Å². The van der Waals surface area contributed by atoms with E-state index in [0.717, 1.165) is 23.0 Å². The Bertz CT molecular complexity index is 632. The minimum absolute atomic E-state index is 0.231. The third-order valence-electron chi connectivity index (χ3n) is 2.49. The summed E-state index contributed by atoms with van der Waals surface area (Å²) in [4.78, 5) is 11.7. The Balaban J connectivity index is 2.35. The van der Waals surface area contributed by atoms with Crippen molar-refractivity contribution >= 4 is 28.5 Å². The van der Waals surface area contributed by atoms with Gasteiger partial charge in [0.1, 0.15) is 5.03 Å². The van der Waals surface area contributed by atoms with Crippen LogP contribution < -0.4 is 5.01 Å². The van der Waals surface area contributed by atoms with Crippen molar-refractivity contribution in [2.45, 2.75) is 13.8 Å². The molecule has 0 saturated carbocycles. The van der Waals surface area contributed by atoms with E-state index in [0.29, 0.717) is 11.6 Å². The Hall–Kier alpha value is -2.26. The number of carbonyl (C=O) groups is 1. The number of nitriles is 1. The quantitative estimate of drug-likeness (QED) is 0.631. The summed E-state index contributed by atoms with van der Waals surface area (Å²) in [6.45, 7) is 4.00. The van der Waals surface area contributed by atoms with Gasteiger partial charge in [-0.15, -0.1) is 0 Å². The van der Waals surface area contributed by atoms with Crippen LogP contribution in [0.4, 0.5) is 5.69 Å². The van der Waals surface area contributed by atoms with Crippen molar-refractivity contribution < 1.29 is 9.53 Å². The van der Waals surface area contributed by atoms with Crippen LogP contribution in [0.3, 0.4) is 0 Å². The fraction of sp³-hybridized carbons (Fsp3) is 0.214. The van der Waals surface area contributed by atoms with Gasteiger partial charge < -0.3 is 4.74 Å². The minimum atomic E-state index is -0.475. The lowest BCUT2D eigenvalue weighted by molar-refractivity contribution is -0.134. The van der Waals surface area contributed by atoms with Gasteiger partial charge in [0.2, 0.25) is 5.04 Å². The predicted molar refractivity (Wildman–Crippen MR) is 79.0 cm³/mol. The van der Waals surface area contributed by atoms with Crippen LogP contribution in [0.25, 0.3) is 0 Å². The lowest BCUT2D eigenvalue weighted by Gasteiger charge is -2.14. The van der Waals surface area contributed by atoms with Crippen LogP contribution >= 0.6 is 11.8 Å². The predicted octanol–water partition coefficient (Wildman–Crippen LogP) is 2.79. The SMILES string of the molecule is CCOC(=O)C1=NN(c2cccc(C)c2)C(=CC#N)S1. The van der Waals surface area contributed by atoms with Crippen molar-refractivity contribution in [3.05, 3.63) is 40.9 Å². The molecule has 102 valence electrons. The van der Waals surface area contributed by atoms with Crippen molar-refractivity contribution in [1.29, 1.82) is 5.26 Å². The Morgan fingerprint density at radius 1 is 1.60 bits per heavy atom. The third-order valence-corrected chi connectivity index (χ3v) is 3.43. The highest BCUT2D eigenvalue weighted by Crippen LogP contribution is 2.35. The van der Waals surface area contributed by atoms with Crippen molar-refractivity contribution in [2.24, 2.45) is 5.10 Å². The highest BCUT2D eigenvalue weighted by atomic mass is 32.2. The second-order valence-electron chi connectivity index (χ2n) is 3.99. The maximum atomic E-state index is 11.7. The summed E-state index contributed by atoms with van der Waals surface area (Å²) in [5.74, 6) is -0.475. The first kappa shape index (κ1) is 14.2. The van der Waals surface area contributed by atoms with Gasteiger partial charge in [-0.3, -0.25) is 0 Å². The van der Waals surface area contributed by atoms with Crippen LogP contribution in [-0.4, -0.2) is 17.6 Å².